The number of likely N-dealkylation sites (tertiary alicyclic amines) is 1. The maximum Gasteiger partial charge on any atom is 0.329 e. The number of carboxylic acid groups (broad SMARTS) is 1. The second kappa shape index (κ2) is 5.38. The molecule has 0 spiro atoms. The van der Waals surface area contributed by atoms with Crippen LogP contribution in [-0.4, -0.2) is 47.2 Å². The highest BCUT2D eigenvalue weighted by Crippen LogP contribution is 2.29. The number of carbonyl (C=O) groups excluding carboxylic acids is 1. The van der Waals surface area contributed by atoms with Crippen LogP contribution < -0.4 is 0 Å². The van der Waals surface area contributed by atoms with Crippen LogP contribution in [-0.2, 0) is 9.53 Å². The molecule has 1 saturated heterocycles. The Morgan fingerprint density at radius 3 is 2.75 bits per heavy atom. The van der Waals surface area contributed by atoms with Gasteiger partial charge in [-0.2, -0.15) is 0 Å². The lowest BCUT2D eigenvalue weighted by molar-refractivity contribution is -0.159. The van der Waals surface area contributed by atoms with Crippen molar-refractivity contribution in [1.29, 1.82) is 0 Å². The van der Waals surface area contributed by atoms with Gasteiger partial charge in [-0.15, -0.1) is 0 Å². The van der Waals surface area contributed by atoms with Crippen molar-refractivity contribution < 1.29 is 23.8 Å². The highest BCUT2D eigenvalue weighted by Gasteiger charge is 2.43. The van der Waals surface area contributed by atoms with E-state index in [0.29, 0.717) is 0 Å². The van der Waals surface area contributed by atoms with E-state index in [-0.39, 0.29) is 23.7 Å². The topological polar surface area (TPSA) is 66.8 Å². The number of ether oxygens (including phenoxy) is 1. The molecule has 1 aromatic carbocycles. The van der Waals surface area contributed by atoms with Gasteiger partial charge in [0.15, 0.2) is 0 Å². The first-order valence-electron chi connectivity index (χ1n) is 5.91. The van der Waals surface area contributed by atoms with E-state index >= 15 is 0 Å². The van der Waals surface area contributed by atoms with Gasteiger partial charge in [0.05, 0.1) is 23.7 Å². The van der Waals surface area contributed by atoms with Crippen molar-refractivity contribution in [3.8, 4) is 0 Å². The smallest absolute Gasteiger partial charge is 0.329 e. The summed E-state index contributed by atoms with van der Waals surface area (Å²) in [6, 6.07) is 4.03. The summed E-state index contributed by atoms with van der Waals surface area (Å²) in [7, 11) is 0. The quantitative estimate of drug-likeness (QED) is 0.921. The van der Waals surface area contributed by atoms with Crippen LogP contribution in [0.25, 0.3) is 0 Å². The Hall–Kier alpha value is -1.66. The molecule has 0 saturated carbocycles. The van der Waals surface area contributed by atoms with Crippen molar-refractivity contribution in [2.45, 2.75) is 12.5 Å². The van der Waals surface area contributed by atoms with E-state index < -0.39 is 29.9 Å². The van der Waals surface area contributed by atoms with E-state index in [9.17, 15) is 14.0 Å². The largest absolute Gasteiger partial charge is 0.480 e. The molecule has 5 nitrogen and oxygen atoms in total. The average molecular weight is 302 g/mol. The molecule has 1 aromatic rings. The Bertz CT molecular complexity index is 557. The molecule has 0 bridgehead atoms. The Kier molecular flexibility index (Phi) is 3.96. The molecule has 7 heteroatoms. The fourth-order valence-electron chi connectivity index (χ4n) is 2.07. The summed E-state index contributed by atoms with van der Waals surface area (Å²) in [5, 5.41) is 8.34. The number of carboxylic acids is 1. The lowest BCUT2D eigenvalue weighted by Crippen LogP contribution is -2.63. The van der Waals surface area contributed by atoms with Crippen LogP contribution >= 0.6 is 11.6 Å². The van der Waals surface area contributed by atoms with Crippen LogP contribution in [0, 0.1) is 5.82 Å². The van der Waals surface area contributed by atoms with Gasteiger partial charge in [-0.3, -0.25) is 4.79 Å². The van der Waals surface area contributed by atoms with Gasteiger partial charge >= 0.3 is 5.97 Å². The molecule has 1 heterocycles. The van der Waals surface area contributed by atoms with Gasteiger partial charge in [0, 0.05) is 0 Å². The molecule has 0 aromatic heterocycles. The number of aliphatic carboxylic acids is 1. The zero-order chi connectivity index (χ0) is 14.9. The van der Waals surface area contributed by atoms with Gasteiger partial charge < -0.3 is 14.7 Å². The van der Waals surface area contributed by atoms with Crippen LogP contribution in [0.4, 0.5) is 4.39 Å². The van der Waals surface area contributed by atoms with Gasteiger partial charge in [-0.1, -0.05) is 17.7 Å². The molecular weight excluding hydrogens is 289 g/mol. The van der Waals surface area contributed by atoms with Crippen LogP contribution in [0.2, 0.25) is 5.02 Å². The fourth-order valence-corrected chi connectivity index (χ4v) is 2.28. The summed E-state index contributed by atoms with van der Waals surface area (Å²) in [4.78, 5) is 24.0. The van der Waals surface area contributed by atoms with Crippen LogP contribution in [0.5, 0.6) is 0 Å². The summed E-state index contributed by atoms with van der Waals surface area (Å²) in [5.41, 5.74) is -0.597. The van der Waals surface area contributed by atoms with E-state index in [4.69, 9.17) is 21.4 Å². The standard InChI is InChI=1S/C13H13ClFNO4/c1-13(20-5-10(17)18)6-16(7-13)12(19)8-3-2-4-9(15)11(8)14/h2-4H,5-7H2,1H3,(H,17,18). The van der Waals surface area contributed by atoms with Gasteiger partial charge in [0.1, 0.15) is 18.0 Å². The Balaban J connectivity index is 2.00. The van der Waals surface area contributed by atoms with Gasteiger partial charge in [-0.05, 0) is 19.1 Å². The maximum absolute atomic E-state index is 13.3. The number of benzene rings is 1. The fraction of sp³-hybridized carbons (Fsp3) is 0.385. The molecule has 1 aliphatic rings. The minimum Gasteiger partial charge on any atom is -0.480 e. The predicted octanol–water partition coefficient (Wildman–Crippen LogP) is 1.79. The molecular formula is C13H13ClFNO4. The van der Waals surface area contributed by atoms with Crippen molar-refractivity contribution >= 4 is 23.5 Å². The van der Waals surface area contributed by atoms with Gasteiger partial charge in [-0.25, -0.2) is 9.18 Å². The van der Waals surface area contributed by atoms with Gasteiger partial charge in [0.2, 0.25) is 0 Å². The van der Waals surface area contributed by atoms with Gasteiger partial charge in [0.25, 0.3) is 5.91 Å². The Morgan fingerprint density at radius 1 is 1.50 bits per heavy atom. The minimum atomic E-state index is -1.07. The number of amides is 1. The number of rotatable bonds is 4. The Labute approximate surface area is 119 Å². The molecule has 0 atom stereocenters. The summed E-state index contributed by atoms with van der Waals surface area (Å²) >= 11 is 5.76. The average Bonchev–Trinajstić information content (AvgIpc) is 2.35. The van der Waals surface area contributed by atoms with Crippen molar-refractivity contribution in [2.75, 3.05) is 19.7 Å². The minimum absolute atomic E-state index is 0.0898. The number of halogens is 2. The normalized spacial score (nSPS) is 16.6. The SMILES string of the molecule is CC1(OCC(=O)O)CN(C(=O)c2cccc(F)c2Cl)C1. The van der Waals surface area contributed by atoms with Crippen LogP contribution in [0.1, 0.15) is 17.3 Å². The molecule has 20 heavy (non-hydrogen) atoms. The molecule has 1 N–H and O–H groups in total. The van der Waals surface area contributed by atoms with E-state index in [1.807, 2.05) is 0 Å². The highest BCUT2D eigenvalue weighted by molar-refractivity contribution is 6.34. The monoisotopic (exact) mass is 301 g/mol. The number of nitrogens with zero attached hydrogens (tertiary/aromatic N) is 1. The maximum atomic E-state index is 13.3. The first kappa shape index (κ1) is 14.7. The van der Waals surface area contributed by atoms with E-state index in [1.165, 1.54) is 23.1 Å². The molecule has 0 aliphatic carbocycles. The van der Waals surface area contributed by atoms with E-state index in [2.05, 4.69) is 0 Å². The molecule has 0 radical (unpaired) electrons. The zero-order valence-electron chi connectivity index (χ0n) is 10.7. The lowest BCUT2D eigenvalue weighted by atomic mass is 9.95. The van der Waals surface area contributed by atoms with E-state index in [1.54, 1.807) is 6.92 Å². The number of hydrogen-bond acceptors (Lipinski definition) is 3. The third-order valence-electron chi connectivity index (χ3n) is 3.06. The predicted molar refractivity (Wildman–Crippen MR) is 69.3 cm³/mol. The van der Waals surface area contributed by atoms with Crippen molar-refractivity contribution in [2.24, 2.45) is 0 Å². The van der Waals surface area contributed by atoms with Crippen LogP contribution in [0.3, 0.4) is 0 Å². The zero-order valence-corrected chi connectivity index (χ0v) is 11.5. The van der Waals surface area contributed by atoms with E-state index in [0.717, 1.165) is 0 Å². The number of carbonyl (C=O) groups is 2. The lowest BCUT2D eigenvalue weighted by Gasteiger charge is -2.47. The summed E-state index contributed by atoms with van der Waals surface area (Å²) in [5.74, 6) is -2.11. The molecule has 1 fully saturated rings. The van der Waals surface area contributed by atoms with Crippen LogP contribution in [0.15, 0.2) is 18.2 Å². The summed E-state index contributed by atoms with van der Waals surface area (Å²) in [6.45, 7) is 1.78. The third-order valence-corrected chi connectivity index (χ3v) is 3.45. The van der Waals surface area contributed by atoms with Crippen molar-refractivity contribution in [1.82, 2.24) is 4.90 Å². The summed E-state index contributed by atoms with van der Waals surface area (Å²) in [6.07, 6.45) is 0. The second-order valence-electron chi connectivity index (χ2n) is 4.89. The Morgan fingerprint density at radius 2 is 2.15 bits per heavy atom. The third kappa shape index (κ3) is 2.91. The first-order valence-corrected chi connectivity index (χ1v) is 6.29. The second-order valence-corrected chi connectivity index (χ2v) is 5.27. The molecule has 0 unspecified atom stereocenters. The highest BCUT2D eigenvalue weighted by atomic mass is 35.5. The van der Waals surface area contributed by atoms with Crippen molar-refractivity contribution in [3.05, 3.63) is 34.6 Å². The number of hydrogen-bond donors (Lipinski definition) is 1. The van der Waals surface area contributed by atoms with Crippen molar-refractivity contribution in [3.63, 3.8) is 0 Å². The summed E-state index contributed by atoms with van der Waals surface area (Å²) < 4.78 is 18.5. The molecule has 1 amide bonds. The molecule has 2 rings (SSSR count). The molecule has 108 valence electrons. The molecule has 1 aliphatic heterocycles. The first-order chi connectivity index (χ1) is 9.32.